The summed E-state index contributed by atoms with van der Waals surface area (Å²) in [4.78, 5) is 16.7. The highest BCUT2D eigenvalue weighted by molar-refractivity contribution is 7.88. The first-order valence-corrected chi connectivity index (χ1v) is 9.56. The Morgan fingerprint density at radius 1 is 1.12 bits per heavy atom. The Hall–Kier alpha value is -2.22. The Morgan fingerprint density at radius 2 is 1.80 bits per heavy atom. The van der Waals surface area contributed by atoms with Gasteiger partial charge in [0.25, 0.3) is 5.56 Å². The molecule has 0 atom stereocenters. The monoisotopic (exact) mass is 377 g/mol. The average molecular weight is 378 g/mol. The van der Waals surface area contributed by atoms with Gasteiger partial charge in [-0.3, -0.25) is 9.36 Å². The summed E-state index contributed by atoms with van der Waals surface area (Å²) in [7, 11) is -2.06. The number of aromatic nitrogens is 2. The Kier molecular flexibility index (Phi) is 4.89. The maximum atomic E-state index is 12.3. The van der Waals surface area contributed by atoms with Crippen LogP contribution < -0.4 is 10.3 Å². The van der Waals surface area contributed by atoms with Crippen LogP contribution in [0.1, 0.15) is 11.4 Å². The van der Waals surface area contributed by atoms with Crippen molar-refractivity contribution in [1.82, 2.24) is 14.3 Å². The minimum absolute atomic E-state index is 0.0800. The first-order chi connectivity index (χ1) is 11.9. The third-order valence-electron chi connectivity index (χ3n) is 3.83. The van der Waals surface area contributed by atoms with Crippen LogP contribution >= 0.6 is 11.6 Å². The van der Waals surface area contributed by atoms with Crippen molar-refractivity contribution in [2.24, 2.45) is 7.05 Å². The van der Waals surface area contributed by atoms with Crippen molar-refractivity contribution >= 4 is 32.5 Å². The van der Waals surface area contributed by atoms with E-state index in [1.54, 1.807) is 55.6 Å². The number of nitrogens with one attached hydrogen (secondary N) is 1. The van der Waals surface area contributed by atoms with Gasteiger partial charge in [-0.05, 0) is 23.8 Å². The maximum absolute atomic E-state index is 12.3. The van der Waals surface area contributed by atoms with E-state index in [-0.39, 0.29) is 17.9 Å². The van der Waals surface area contributed by atoms with Gasteiger partial charge in [0.15, 0.2) is 0 Å². The summed E-state index contributed by atoms with van der Waals surface area (Å²) in [6.07, 6.45) is 0. The van der Waals surface area contributed by atoms with Gasteiger partial charge in [0.05, 0.1) is 23.2 Å². The zero-order valence-corrected chi connectivity index (χ0v) is 15.0. The van der Waals surface area contributed by atoms with Gasteiger partial charge in [-0.2, -0.15) is 0 Å². The van der Waals surface area contributed by atoms with E-state index in [0.717, 1.165) is 0 Å². The number of sulfonamides is 1. The quantitative estimate of drug-likeness (QED) is 0.739. The highest BCUT2D eigenvalue weighted by Crippen LogP contribution is 2.17. The molecule has 1 N–H and O–H groups in total. The fourth-order valence-corrected chi connectivity index (χ4v) is 3.86. The number of nitrogens with zero attached hydrogens (tertiary/aromatic N) is 2. The van der Waals surface area contributed by atoms with Crippen molar-refractivity contribution in [2.45, 2.75) is 12.3 Å². The minimum atomic E-state index is -3.63. The van der Waals surface area contributed by atoms with Crippen LogP contribution in [0.15, 0.2) is 53.3 Å². The van der Waals surface area contributed by atoms with Crippen LogP contribution in [0.4, 0.5) is 0 Å². The summed E-state index contributed by atoms with van der Waals surface area (Å²) in [5.74, 6) is 0.0974. The molecule has 1 aromatic heterocycles. The molecule has 130 valence electrons. The second kappa shape index (κ2) is 6.95. The third kappa shape index (κ3) is 3.89. The molecule has 0 aliphatic rings. The molecule has 0 unspecified atom stereocenters. The van der Waals surface area contributed by atoms with Gasteiger partial charge in [-0.25, -0.2) is 18.1 Å². The van der Waals surface area contributed by atoms with Gasteiger partial charge in [0.2, 0.25) is 10.0 Å². The number of benzene rings is 2. The van der Waals surface area contributed by atoms with E-state index in [9.17, 15) is 13.2 Å². The molecule has 0 amide bonds. The fourth-order valence-electron chi connectivity index (χ4n) is 2.47. The van der Waals surface area contributed by atoms with Crippen molar-refractivity contribution in [1.29, 1.82) is 0 Å². The summed E-state index contributed by atoms with van der Waals surface area (Å²) in [6.45, 7) is -0.0800. The number of hydrogen-bond donors (Lipinski definition) is 1. The van der Waals surface area contributed by atoms with E-state index >= 15 is 0 Å². The van der Waals surface area contributed by atoms with E-state index in [1.807, 2.05) is 0 Å². The van der Waals surface area contributed by atoms with E-state index < -0.39 is 10.0 Å². The summed E-state index contributed by atoms with van der Waals surface area (Å²) in [5.41, 5.74) is 0.828. The topological polar surface area (TPSA) is 81.1 Å². The lowest BCUT2D eigenvalue weighted by molar-refractivity contribution is 0.575. The van der Waals surface area contributed by atoms with E-state index in [1.165, 1.54) is 4.57 Å². The van der Waals surface area contributed by atoms with Crippen LogP contribution in [0, 0.1) is 0 Å². The average Bonchev–Trinajstić information content (AvgIpc) is 2.59. The molecule has 3 aromatic rings. The Balaban J connectivity index is 1.84. The highest BCUT2D eigenvalue weighted by Gasteiger charge is 2.15. The molecule has 1 heterocycles. The fraction of sp³-hybridized carbons (Fsp3) is 0.176. The van der Waals surface area contributed by atoms with E-state index in [4.69, 9.17) is 11.6 Å². The molecule has 0 saturated heterocycles. The standard InChI is InChI=1S/C17H16ClN3O3S/c1-21-16(20-15-9-5-3-7-13(15)17(21)22)10-19-25(23,24)11-12-6-2-4-8-14(12)18/h2-9,19H,10-11H2,1H3. The van der Waals surface area contributed by atoms with Crippen molar-refractivity contribution < 1.29 is 8.42 Å². The van der Waals surface area contributed by atoms with Crippen LogP contribution in [-0.4, -0.2) is 18.0 Å². The molecule has 8 heteroatoms. The van der Waals surface area contributed by atoms with Crippen LogP contribution in [0.2, 0.25) is 5.02 Å². The van der Waals surface area contributed by atoms with Gasteiger partial charge < -0.3 is 0 Å². The van der Waals surface area contributed by atoms with Crippen LogP contribution in [0.3, 0.4) is 0 Å². The zero-order chi connectivity index (χ0) is 18.0. The van der Waals surface area contributed by atoms with E-state index in [0.29, 0.717) is 27.3 Å². The van der Waals surface area contributed by atoms with Gasteiger partial charge >= 0.3 is 0 Å². The summed E-state index contributed by atoms with van der Waals surface area (Å²) < 4.78 is 28.4. The predicted octanol–water partition coefficient (Wildman–Crippen LogP) is 2.21. The van der Waals surface area contributed by atoms with Gasteiger partial charge in [0.1, 0.15) is 5.82 Å². The number of para-hydroxylation sites is 1. The van der Waals surface area contributed by atoms with E-state index in [2.05, 4.69) is 9.71 Å². The lowest BCUT2D eigenvalue weighted by Gasteiger charge is -2.11. The van der Waals surface area contributed by atoms with Gasteiger partial charge in [0, 0.05) is 12.1 Å². The number of halogens is 1. The molecule has 0 bridgehead atoms. The highest BCUT2D eigenvalue weighted by atomic mass is 35.5. The molecule has 0 aliphatic carbocycles. The maximum Gasteiger partial charge on any atom is 0.261 e. The second-order valence-electron chi connectivity index (χ2n) is 5.58. The van der Waals surface area contributed by atoms with Crippen molar-refractivity contribution in [3.05, 3.63) is 75.3 Å². The first-order valence-electron chi connectivity index (χ1n) is 7.53. The molecular formula is C17H16ClN3O3S. The molecular weight excluding hydrogens is 362 g/mol. The molecule has 2 aromatic carbocycles. The lowest BCUT2D eigenvalue weighted by Crippen LogP contribution is -2.30. The normalized spacial score (nSPS) is 11.8. The summed E-state index contributed by atoms with van der Waals surface area (Å²) in [6, 6.07) is 13.7. The Bertz CT molecular complexity index is 1090. The number of fused-ring (bicyclic) bond motifs is 1. The molecule has 0 spiro atoms. The van der Waals surface area contributed by atoms with Crippen LogP contribution in [0.5, 0.6) is 0 Å². The van der Waals surface area contributed by atoms with Crippen molar-refractivity contribution in [3.8, 4) is 0 Å². The van der Waals surface area contributed by atoms with Crippen molar-refractivity contribution in [3.63, 3.8) is 0 Å². The molecule has 25 heavy (non-hydrogen) atoms. The molecule has 3 rings (SSSR count). The summed E-state index contributed by atoms with van der Waals surface area (Å²) >= 11 is 6.01. The lowest BCUT2D eigenvalue weighted by atomic mass is 10.2. The summed E-state index contributed by atoms with van der Waals surface area (Å²) in [5, 5.41) is 0.886. The largest absolute Gasteiger partial charge is 0.298 e. The number of rotatable bonds is 5. The predicted molar refractivity (Wildman–Crippen MR) is 97.9 cm³/mol. The SMILES string of the molecule is Cn1c(CNS(=O)(=O)Cc2ccccc2Cl)nc2ccccc2c1=O. The minimum Gasteiger partial charge on any atom is -0.298 e. The molecule has 0 radical (unpaired) electrons. The number of hydrogen-bond acceptors (Lipinski definition) is 4. The van der Waals surface area contributed by atoms with Crippen LogP contribution in [-0.2, 0) is 29.4 Å². The zero-order valence-electron chi connectivity index (χ0n) is 13.4. The van der Waals surface area contributed by atoms with Crippen molar-refractivity contribution in [2.75, 3.05) is 0 Å². The molecule has 0 saturated carbocycles. The Labute approximate surface area is 150 Å². The molecule has 6 nitrogen and oxygen atoms in total. The van der Waals surface area contributed by atoms with Gasteiger partial charge in [-0.15, -0.1) is 0 Å². The molecule has 0 aliphatic heterocycles. The third-order valence-corrected chi connectivity index (χ3v) is 5.47. The smallest absolute Gasteiger partial charge is 0.261 e. The second-order valence-corrected chi connectivity index (χ2v) is 7.80. The Morgan fingerprint density at radius 3 is 2.56 bits per heavy atom. The molecule has 0 fully saturated rings. The van der Waals surface area contributed by atoms with Crippen LogP contribution in [0.25, 0.3) is 10.9 Å². The first kappa shape index (κ1) is 17.6. The van der Waals surface area contributed by atoms with Gasteiger partial charge in [-0.1, -0.05) is 41.9 Å².